The van der Waals surface area contributed by atoms with Crippen LogP contribution in [0.15, 0.2) is 35.9 Å². The third-order valence-electron chi connectivity index (χ3n) is 3.69. The Labute approximate surface area is 129 Å². The van der Waals surface area contributed by atoms with Crippen LogP contribution < -0.4 is 0 Å². The van der Waals surface area contributed by atoms with Crippen molar-refractivity contribution in [3.8, 4) is 0 Å². The summed E-state index contributed by atoms with van der Waals surface area (Å²) in [4.78, 5) is 30.0. The lowest BCUT2D eigenvalue weighted by atomic mass is 9.96. The molecule has 1 atom stereocenters. The highest BCUT2D eigenvalue weighted by Crippen LogP contribution is 2.37. The van der Waals surface area contributed by atoms with Crippen molar-refractivity contribution in [2.24, 2.45) is 0 Å². The van der Waals surface area contributed by atoms with Crippen molar-refractivity contribution in [2.45, 2.75) is 25.8 Å². The van der Waals surface area contributed by atoms with Crippen molar-refractivity contribution < 1.29 is 19.4 Å². The average Bonchev–Trinajstić information content (AvgIpc) is 2.80. The Bertz CT molecular complexity index is 583. The van der Waals surface area contributed by atoms with Gasteiger partial charge in [0.2, 0.25) is 0 Å². The largest absolute Gasteiger partial charge is 0.503 e. The molecule has 22 heavy (non-hydrogen) atoms. The molecule has 0 fully saturated rings. The maximum Gasteiger partial charge on any atom is 0.290 e. The van der Waals surface area contributed by atoms with Crippen LogP contribution in [0.25, 0.3) is 0 Å². The minimum Gasteiger partial charge on any atom is -0.503 e. The Kier molecular flexibility index (Phi) is 5.27. The zero-order valence-corrected chi connectivity index (χ0v) is 12.8. The van der Waals surface area contributed by atoms with Crippen molar-refractivity contribution in [1.82, 2.24) is 9.88 Å². The van der Waals surface area contributed by atoms with E-state index < -0.39 is 17.7 Å². The van der Waals surface area contributed by atoms with E-state index in [2.05, 4.69) is 4.98 Å². The van der Waals surface area contributed by atoms with Crippen LogP contribution in [0.2, 0.25) is 0 Å². The molecule has 0 radical (unpaired) electrons. The molecule has 1 N–H and O–H groups in total. The summed E-state index contributed by atoms with van der Waals surface area (Å²) < 4.78 is 5.01. The van der Waals surface area contributed by atoms with Gasteiger partial charge < -0.3 is 14.7 Å². The molecular formula is C16H20N2O4. The lowest BCUT2D eigenvalue weighted by molar-refractivity contribution is -0.129. The van der Waals surface area contributed by atoms with Gasteiger partial charge in [-0.15, -0.1) is 0 Å². The number of Topliss-reactive ketones (excluding diaryl/α,β-unsaturated/α-hetero) is 1. The highest BCUT2D eigenvalue weighted by atomic mass is 16.5. The summed E-state index contributed by atoms with van der Waals surface area (Å²) >= 11 is 0. The number of pyridine rings is 1. The number of amides is 1. The highest BCUT2D eigenvalue weighted by molar-refractivity contribution is 6.08. The Balaban J connectivity index is 2.38. The molecule has 118 valence electrons. The molecule has 2 heterocycles. The average molecular weight is 304 g/mol. The summed E-state index contributed by atoms with van der Waals surface area (Å²) in [6.07, 6.45) is 4.08. The first-order chi connectivity index (χ1) is 10.6. The predicted octanol–water partition coefficient (Wildman–Crippen LogP) is 1.79. The third-order valence-corrected chi connectivity index (χ3v) is 3.69. The zero-order valence-electron chi connectivity index (χ0n) is 12.8. The Hall–Kier alpha value is -2.21. The standard InChI is InChI=1S/C16H20N2O4/c1-3-12(19)13-14(11-5-7-17-8-6-11)18(9-4-10-22-2)16(21)15(13)20/h5-8,14,20H,3-4,9-10H2,1-2H3. The van der Waals surface area contributed by atoms with Gasteiger partial charge in [0.05, 0.1) is 11.6 Å². The van der Waals surface area contributed by atoms with E-state index in [0.29, 0.717) is 19.6 Å². The molecule has 6 heteroatoms. The normalized spacial score (nSPS) is 18.2. The summed E-state index contributed by atoms with van der Waals surface area (Å²) in [5.74, 6) is -1.16. The molecule has 6 nitrogen and oxygen atoms in total. The molecule has 1 amide bonds. The third kappa shape index (κ3) is 3.01. The number of aliphatic hydroxyl groups is 1. The number of ether oxygens (including phenoxy) is 1. The Morgan fingerprint density at radius 3 is 2.68 bits per heavy atom. The summed E-state index contributed by atoms with van der Waals surface area (Å²) in [5.41, 5.74) is 0.942. The number of ketones is 1. The molecule has 0 aromatic carbocycles. The number of rotatable bonds is 7. The number of aromatic nitrogens is 1. The molecule has 0 bridgehead atoms. The number of hydrogen-bond acceptors (Lipinski definition) is 5. The first-order valence-corrected chi connectivity index (χ1v) is 7.28. The lowest BCUT2D eigenvalue weighted by Crippen LogP contribution is -2.32. The van der Waals surface area contributed by atoms with Gasteiger partial charge >= 0.3 is 0 Å². The van der Waals surface area contributed by atoms with Crippen molar-refractivity contribution in [3.05, 3.63) is 41.4 Å². The quantitative estimate of drug-likeness (QED) is 0.777. The SMILES string of the molecule is CCC(=O)C1=C(O)C(=O)N(CCCOC)C1c1ccncc1. The predicted molar refractivity (Wildman–Crippen MR) is 80.1 cm³/mol. The van der Waals surface area contributed by atoms with Gasteiger partial charge in [0.15, 0.2) is 11.5 Å². The van der Waals surface area contributed by atoms with Gasteiger partial charge in [-0.05, 0) is 24.1 Å². The second-order valence-corrected chi connectivity index (χ2v) is 5.07. The molecule has 0 aliphatic carbocycles. The second-order valence-electron chi connectivity index (χ2n) is 5.07. The van der Waals surface area contributed by atoms with E-state index in [4.69, 9.17) is 4.74 Å². The first-order valence-electron chi connectivity index (χ1n) is 7.28. The fourth-order valence-electron chi connectivity index (χ4n) is 2.63. The maximum atomic E-state index is 12.3. The van der Waals surface area contributed by atoms with E-state index in [1.54, 1.807) is 38.6 Å². The van der Waals surface area contributed by atoms with Crippen LogP contribution in [0.1, 0.15) is 31.4 Å². The zero-order chi connectivity index (χ0) is 16.1. The van der Waals surface area contributed by atoms with Gasteiger partial charge in [-0.25, -0.2) is 0 Å². The number of aliphatic hydroxyl groups excluding tert-OH is 1. The van der Waals surface area contributed by atoms with Gasteiger partial charge in [0, 0.05) is 39.1 Å². The molecule has 1 unspecified atom stereocenters. The molecule has 2 rings (SSSR count). The van der Waals surface area contributed by atoms with E-state index in [-0.39, 0.29) is 17.8 Å². The number of nitrogens with zero attached hydrogens (tertiary/aromatic N) is 2. The minimum absolute atomic E-state index is 0.177. The maximum absolute atomic E-state index is 12.3. The lowest BCUT2D eigenvalue weighted by Gasteiger charge is -2.26. The fourth-order valence-corrected chi connectivity index (χ4v) is 2.63. The van der Waals surface area contributed by atoms with Gasteiger partial charge in [0.25, 0.3) is 5.91 Å². The van der Waals surface area contributed by atoms with Crippen molar-refractivity contribution in [1.29, 1.82) is 0 Å². The number of methoxy groups -OCH3 is 1. The molecule has 1 aromatic rings. The van der Waals surface area contributed by atoms with E-state index in [9.17, 15) is 14.7 Å². The van der Waals surface area contributed by atoms with Crippen molar-refractivity contribution in [2.75, 3.05) is 20.3 Å². The van der Waals surface area contributed by atoms with Crippen LogP contribution in [0, 0.1) is 0 Å². The van der Waals surface area contributed by atoms with Gasteiger partial charge in [-0.1, -0.05) is 6.92 Å². The first kappa shape index (κ1) is 16.2. The molecule has 1 aliphatic rings. The molecule has 0 saturated heterocycles. The minimum atomic E-state index is -0.556. The highest BCUT2D eigenvalue weighted by Gasteiger charge is 2.42. The van der Waals surface area contributed by atoms with Crippen molar-refractivity contribution in [3.63, 3.8) is 0 Å². The molecule has 1 aromatic heterocycles. The van der Waals surface area contributed by atoms with Crippen LogP contribution in [-0.4, -0.2) is 46.9 Å². The topological polar surface area (TPSA) is 79.7 Å². The van der Waals surface area contributed by atoms with Crippen LogP contribution in [-0.2, 0) is 14.3 Å². The van der Waals surface area contributed by atoms with E-state index >= 15 is 0 Å². The molecule has 1 aliphatic heterocycles. The van der Waals surface area contributed by atoms with Crippen molar-refractivity contribution >= 4 is 11.7 Å². The van der Waals surface area contributed by atoms with Gasteiger partial charge in [-0.2, -0.15) is 0 Å². The van der Waals surface area contributed by atoms with Crippen LogP contribution in [0.5, 0.6) is 0 Å². The molecular weight excluding hydrogens is 284 g/mol. The summed E-state index contributed by atoms with van der Waals surface area (Å²) in [6.45, 7) is 2.62. The molecule has 0 saturated carbocycles. The van der Waals surface area contributed by atoms with E-state index in [1.165, 1.54) is 4.90 Å². The fraction of sp³-hybridized carbons (Fsp3) is 0.438. The summed E-state index contributed by atoms with van der Waals surface area (Å²) in [5, 5.41) is 10.1. The van der Waals surface area contributed by atoms with Crippen LogP contribution in [0.4, 0.5) is 0 Å². The Morgan fingerprint density at radius 1 is 1.41 bits per heavy atom. The van der Waals surface area contributed by atoms with E-state index in [0.717, 1.165) is 5.56 Å². The smallest absolute Gasteiger partial charge is 0.290 e. The summed E-state index contributed by atoms with van der Waals surface area (Å²) in [7, 11) is 1.59. The number of hydrogen-bond donors (Lipinski definition) is 1. The van der Waals surface area contributed by atoms with E-state index in [1.807, 2.05) is 0 Å². The number of carbonyl (C=O) groups excluding carboxylic acids is 2. The van der Waals surface area contributed by atoms with Gasteiger partial charge in [0.1, 0.15) is 0 Å². The van der Waals surface area contributed by atoms with Gasteiger partial charge in [-0.3, -0.25) is 14.6 Å². The van der Waals surface area contributed by atoms with Crippen LogP contribution in [0.3, 0.4) is 0 Å². The Morgan fingerprint density at radius 2 is 2.09 bits per heavy atom. The molecule has 0 spiro atoms. The summed E-state index contributed by atoms with van der Waals surface area (Å²) in [6, 6.07) is 2.95. The monoisotopic (exact) mass is 304 g/mol. The number of carbonyl (C=O) groups is 2. The van der Waals surface area contributed by atoms with Crippen LogP contribution >= 0.6 is 0 Å². The second kappa shape index (κ2) is 7.17.